The van der Waals surface area contributed by atoms with Crippen LogP contribution in [0.1, 0.15) is 49.8 Å². The highest BCUT2D eigenvalue weighted by atomic mass is 35.5. The Kier molecular flexibility index (Phi) is 3.95. The van der Waals surface area contributed by atoms with Gasteiger partial charge in [0.2, 0.25) is 0 Å². The Morgan fingerprint density at radius 2 is 2.12 bits per heavy atom. The Morgan fingerprint density at radius 1 is 1.35 bits per heavy atom. The molecule has 1 aromatic carbocycles. The number of hydrogen-bond donors (Lipinski definition) is 1. The van der Waals surface area contributed by atoms with Gasteiger partial charge in [-0.2, -0.15) is 0 Å². The zero-order valence-corrected chi connectivity index (χ0v) is 11.5. The smallest absolute Gasteiger partial charge is 0.122 e. The number of ether oxygens (including phenoxy) is 1. The fraction of sp³-hybridized carbons (Fsp3) is 0.571. The summed E-state index contributed by atoms with van der Waals surface area (Å²) in [6, 6.07) is 4.29. The van der Waals surface area contributed by atoms with E-state index in [0.29, 0.717) is 12.0 Å². The molecule has 2 unspecified atom stereocenters. The van der Waals surface area contributed by atoms with Crippen molar-refractivity contribution >= 4 is 11.6 Å². The SMILES string of the molecule is CCNC1CCC(C)c2c(OC)ccc(Cl)c21. The maximum Gasteiger partial charge on any atom is 0.122 e. The van der Waals surface area contributed by atoms with Crippen LogP contribution in [0.5, 0.6) is 5.75 Å². The molecule has 2 atom stereocenters. The van der Waals surface area contributed by atoms with E-state index < -0.39 is 0 Å². The second kappa shape index (κ2) is 5.28. The monoisotopic (exact) mass is 253 g/mol. The lowest BCUT2D eigenvalue weighted by molar-refractivity contribution is 0.385. The molecule has 17 heavy (non-hydrogen) atoms. The molecule has 0 saturated carbocycles. The van der Waals surface area contributed by atoms with E-state index in [-0.39, 0.29) is 0 Å². The zero-order chi connectivity index (χ0) is 12.4. The molecule has 1 aliphatic rings. The molecule has 0 spiro atoms. The van der Waals surface area contributed by atoms with Crippen molar-refractivity contribution in [2.24, 2.45) is 0 Å². The molecular weight excluding hydrogens is 234 g/mol. The summed E-state index contributed by atoms with van der Waals surface area (Å²) in [6.07, 6.45) is 2.33. The summed E-state index contributed by atoms with van der Waals surface area (Å²) in [5, 5.41) is 4.37. The third-order valence-electron chi connectivity index (χ3n) is 3.59. The summed E-state index contributed by atoms with van der Waals surface area (Å²) < 4.78 is 5.48. The molecule has 0 amide bonds. The second-order valence-corrected chi connectivity index (χ2v) is 5.07. The molecule has 1 aromatic rings. The Bertz CT molecular complexity index is 405. The van der Waals surface area contributed by atoms with E-state index in [1.807, 2.05) is 12.1 Å². The van der Waals surface area contributed by atoms with Gasteiger partial charge >= 0.3 is 0 Å². The van der Waals surface area contributed by atoms with Gasteiger partial charge in [-0.25, -0.2) is 0 Å². The molecular formula is C14H20ClNO. The van der Waals surface area contributed by atoms with Crippen molar-refractivity contribution in [3.8, 4) is 5.75 Å². The first kappa shape index (κ1) is 12.7. The molecule has 0 heterocycles. The first-order valence-electron chi connectivity index (χ1n) is 6.28. The molecule has 0 saturated heterocycles. The molecule has 0 aromatic heterocycles. The molecule has 0 fully saturated rings. The highest BCUT2D eigenvalue weighted by molar-refractivity contribution is 6.31. The lowest BCUT2D eigenvalue weighted by atomic mass is 9.80. The van der Waals surface area contributed by atoms with Crippen LogP contribution in [0.25, 0.3) is 0 Å². The zero-order valence-electron chi connectivity index (χ0n) is 10.7. The van der Waals surface area contributed by atoms with Crippen molar-refractivity contribution in [3.05, 3.63) is 28.3 Å². The number of benzene rings is 1. The molecule has 94 valence electrons. The van der Waals surface area contributed by atoms with Crippen molar-refractivity contribution in [2.45, 2.75) is 38.6 Å². The molecule has 1 N–H and O–H groups in total. The summed E-state index contributed by atoms with van der Waals surface area (Å²) >= 11 is 6.37. The number of fused-ring (bicyclic) bond motifs is 1. The average Bonchev–Trinajstić information content (AvgIpc) is 2.33. The molecule has 1 aliphatic carbocycles. The van der Waals surface area contributed by atoms with E-state index in [4.69, 9.17) is 16.3 Å². The summed E-state index contributed by atoms with van der Waals surface area (Å²) in [4.78, 5) is 0. The van der Waals surface area contributed by atoms with E-state index >= 15 is 0 Å². The Balaban J connectivity index is 2.52. The van der Waals surface area contributed by atoms with Crippen molar-refractivity contribution in [1.82, 2.24) is 5.32 Å². The van der Waals surface area contributed by atoms with Crippen LogP contribution in [-0.2, 0) is 0 Å². The number of halogens is 1. The molecule has 0 bridgehead atoms. The summed E-state index contributed by atoms with van der Waals surface area (Å²) in [7, 11) is 1.73. The van der Waals surface area contributed by atoms with Gasteiger partial charge in [-0.15, -0.1) is 0 Å². The number of nitrogens with one attached hydrogen (secondary N) is 1. The third-order valence-corrected chi connectivity index (χ3v) is 3.92. The van der Waals surface area contributed by atoms with Gasteiger partial charge in [0.25, 0.3) is 0 Å². The fourth-order valence-corrected chi connectivity index (χ4v) is 3.08. The van der Waals surface area contributed by atoms with Gasteiger partial charge in [0.05, 0.1) is 7.11 Å². The number of hydrogen-bond acceptors (Lipinski definition) is 2. The van der Waals surface area contributed by atoms with E-state index in [0.717, 1.165) is 23.7 Å². The van der Waals surface area contributed by atoms with Crippen LogP contribution in [0, 0.1) is 0 Å². The highest BCUT2D eigenvalue weighted by Gasteiger charge is 2.29. The average molecular weight is 254 g/mol. The van der Waals surface area contributed by atoms with Gasteiger partial charge in [-0.05, 0) is 43.0 Å². The predicted molar refractivity (Wildman–Crippen MR) is 72.1 cm³/mol. The van der Waals surface area contributed by atoms with Crippen molar-refractivity contribution in [1.29, 1.82) is 0 Å². The number of methoxy groups -OCH3 is 1. The Labute approximate surface area is 108 Å². The second-order valence-electron chi connectivity index (χ2n) is 4.67. The molecule has 0 aliphatic heterocycles. The van der Waals surface area contributed by atoms with Crippen LogP contribution in [0.2, 0.25) is 5.02 Å². The fourth-order valence-electron chi connectivity index (χ4n) is 2.79. The van der Waals surface area contributed by atoms with Crippen LogP contribution < -0.4 is 10.1 Å². The molecule has 0 radical (unpaired) electrons. The summed E-state index contributed by atoms with van der Waals surface area (Å²) in [5.74, 6) is 1.49. The van der Waals surface area contributed by atoms with Crippen molar-refractivity contribution < 1.29 is 4.74 Å². The Morgan fingerprint density at radius 3 is 2.76 bits per heavy atom. The van der Waals surface area contributed by atoms with Crippen LogP contribution in [0.15, 0.2) is 12.1 Å². The summed E-state index contributed by atoms with van der Waals surface area (Å²) in [6.45, 7) is 5.34. The largest absolute Gasteiger partial charge is 0.496 e. The first-order chi connectivity index (χ1) is 8.19. The third kappa shape index (κ3) is 2.29. The minimum atomic E-state index is 0.369. The number of rotatable bonds is 3. The first-order valence-corrected chi connectivity index (χ1v) is 6.66. The van der Waals surface area contributed by atoms with Crippen molar-refractivity contribution in [2.75, 3.05) is 13.7 Å². The van der Waals surface area contributed by atoms with E-state index in [1.165, 1.54) is 17.5 Å². The standard InChI is InChI=1S/C14H20ClNO/c1-4-16-11-7-5-9(2)13-12(17-3)8-6-10(15)14(11)13/h6,8-9,11,16H,4-5,7H2,1-3H3. The van der Waals surface area contributed by atoms with Crippen LogP contribution in [0.4, 0.5) is 0 Å². The van der Waals surface area contributed by atoms with Gasteiger partial charge in [-0.3, -0.25) is 0 Å². The van der Waals surface area contributed by atoms with Crippen molar-refractivity contribution in [3.63, 3.8) is 0 Å². The van der Waals surface area contributed by atoms with E-state index in [1.54, 1.807) is 7.11 Å². The lowest BCUT2D eigenvalue weighted by Gasteiger charge is -2.32. The van der Waals surface area contributed by atoms with Crippen LogP contribution >= 0.6 is 11.6 Å². The minimum Gasteiger partial charge on any atom is -0.496 e. The molecule has 2 rings (SSSR count). The van der Waals surface area contributed by atoms with E-state index in [9.17, 15) is 0 Å². The maximum absolute atomic E-state index is 6.37. The van der Waals surface area contributed by atoms with Gasteiger partial charge in [-0.1, -0.05) is 25.4 Å². The molecule has 3 heteroatoms. The predicted octanol–water partition coefficient (Wildman–Crippen LogP) is 3.90. The lowest BCUT2D eigenvalue weighted by Crippen LogP contribution is -2.26. The minimum absolute atomic E-state index is 0.369. The van der Waals surface area contributed by atoms with Gasteiger partial charge in [0.1, 0.15) is 5.75 Å². The normalized spacial score (nSPS) is 23.3. The topological polar surface area (TPSA) is 21.3 Å². The van der Waals surface area contributed by atoms with E-state index in [2.05, 4.69) is 19.2 Å². The maximum atomic E-state index is 6.37. The quantitative estimate of drug-likeness (QED) is 0.882. The molecule has 2 nitrogen and oxygen atoms in total. The van der Waals surface area contributed by atoms with Gasteiger partial charge in [0.15, 0.2) is 0 Å². The summed E-state index contributed by atoms with van der Waals surface area (Å²) in [5.41, 5.74) is 2.53. The van der Waals surface area contributed by atoms with Gasteiger partial charge < -0.3 is 10.1 Å². The van der Waals surface area contributed by atoms with Crippen LogP contribution in [0.3, 0.4) is 0 Å². The Hall–Kier alpha value is -0.730. The highest BCUT2D eigenvalue weighted by Crippen LogP contribution is 2.45. The van der Waals surface area contributed by atoms with Gasteiger partial charge in [0, 0.05) is 16.6 Å². The van der Waals surface area contributed by atoms with Crippen LogP contribution in [-0.4, -0.2) is 13.7 Å².